The summed E-state index contributed by atoms with van der Waals surface area (Å²) in [6.07, 6.45) is 0.921. The zero-order valence-electron chi connectivity index (χ0n) is 36.1. The summed E-state index contributed by atoms with van der Waals surface area (Å²) in [6.45, 7) is 0.286. The number of benzene rings is 4. The van der Waals surface area contributed by atoms with Crippen LogP contribution < -0.4 is 30.7 Å². The van der Waals surface area contributed by atoms with E-state index >= 15 is 0 Å². The molecule has 356 valence electrons. The molecule has 3 atom stereocenters. The van der Waals surface area contributed by atoms with Gasteiger partial charge >= 0.3 is 21.3 Å². The zero-order valence-corrected chi connectivity index (χ0v) is 38.8. The SMILES string of the molecule is CC(=O)Nc1ccc(Nc2ncc([N+](=O)[O-])c(Nc3ccc(OP(=O)(O)OP(=O)(O)OCCNC(=O)c4ccc(COP(=O)([O-])OCC[N+](C)(C)C)cc4)cc3C(=O)c3ccccc3)n2)cc1. The standard InChI is InChI=1S/C40H45N8O16P3/c1-27(49)43-31-14-16-32(17-15-31)44-40-42-25-36(47(52)53)38(46-40)45-35-19-18-33(24-34(35)37(50)29-8-6-5-7-9-29)63-67(58,59)64-66(56,57)60-22-20-41-39(51)30-12-10-28(11-13-30)26-62-65(54,55)61-23-21-48(2,3)4/h5-19,24-25H,20-23,26H2,1-4H3,(H6-,41,42,43,44,45,46,49,50,51,54,55,56,57,58,59). The summed E-state index contributed by atoms with van der Waals surface area (Å²) in [4.78, 5) is 90.0. The monoisotopic (exact) mass is 986 g/mol. The van der Waals surface area contributed by atoms with E-state index in [1.807, 2.05) is 21.1 Å². The zero-order chi connectivity index (χ0) is 49.0. The number of anilines is 5. The number of aromatic nitrogens is 2. The number of phosphoric ester groups is 3. The Labute approximate surface area is 382 Å². The van der Waals surface area contributed by atoms with Crippen LogP contribution in [0.5, 0.6) is 5.75 Å². The topological polar surface area (TPSA) is 329 Å². The lowest BCUT2D eigenvalue weighted by atomic mass is 10.0. The predicted octanol–water partition coefficient (Wildman–Crippen LogP) is 5.81. The molecule has 0 radical (unpaired) electrons. The van der Waals surface area contributed by atoms with Crippen molar-refractivity contribution >= 4 is 75.6 Å². The predicted molar refractivity (Wildman–Crippen MR) is 240 cm³/mol. The fourth-order valence-corrected chi connectivity index (χ4v) is 8.24. The fourth-order valence-electron chi connectivity index (χ4n) is 5.48. The van der Waals surface area contributed by atoms with E-state index in [0.717, 1.165) is 18.3 Å². The molecule has 27 heteroatoms. The molecule has 1 aromatic heterocycles. The van der Waals surface area contributed by atoms with Gasteiger partial charge in [0.1, 0.15) is 25.1 Å². The maximum absolute atomic E-state index is 13.8. The summed E-state index contributed by atoms with van der Waals surface area (Å²) in [5, 5.41) is 22.7. The lowest BCUT2D eigenvalue weighted by Gasteiger charge is -2.27. The highest BCUT2D eigenvalue weighted by Crippen LogP contribution is 2.60. The van der Waals surface area contributed by atoms with E-state index in [2.05, 4.69) is 35.5 Å². The number of ketones is 1. The molecular formula is C40H45N8O16P3. The Hall–Kier alpha value is -6.26. The van der Waals surface area contributed by atoms with Crippen molar-refractivity contribution in [3.63, 3.8) is 0 Å². The highest BCUT2D eigenvalue weighted by molar-refractivity contribution is 7.61. The molecule has 3 unspecified atom stereocenters. The van der Waals surface area contributed by atoms with Gasteiger partial charge in [0.25, 0.3) is 13.7 Å². The van der Waals surface area contributed by atoms with Gasteiger partial charge in [0, 0.05) is 41.5 Å². The number of carbonyl (C=O) groups is 3. The summed E-state index contributed by atoms with van der Waals surface area (Å²) in [5.41, 5.74) is 0.678. The summed E-state index contributed by atoms with van der Waals surface area (Å²) >= 11 is 0. The first-order valence-electron chi connectivity index (χ1n) is 19.6. The van der Waals surface area contributed by atoms with E-state index in [1.54, 1.807) is 42.5 Å². The third-order valence-electron chi connectivity index (χ3n) is 8.64. The average molecular weight is 987 g/mol. The Morgan fingerprint density at radius 1 is 0.806 bits per heavy atom. The quantitative estimate of drug-likeness (QED) is 0.0106. The molecule has 6 N–H and O–H groups in total. The van der Waals surface area contributed by atoms with E-state index in [4.69, 9.17) is 18.1 Å². The first kappa shape index (κ1) is 51.7. The molecule has 67 heavy (non-hydrogen) atoms. The molecule has 0 saturated heterocycles. The Kier molecular flexibility index (Phi) is 17.4. The summed E-state index contributed by atoms with van der Waals surface area (Å²) in [5.74, 6) is -2.62. The molecule has 24 nitrogen and oxygen atoms in total. The molecule has 0 aliphatic rings. The van der Waals surface area contributed by atoms with Crippen LogP contribution in [0, 0.1) is 10.1 Å². The van der Waals surface area contributed by atoms with Crippen LogP contribution >= 0.6 is 23.5 Å². The van der Waals surface area contributed by atoms with Crippen molar-refractivity contribution < 1.29 is 74.6 Å². The molecule has 4 aromatic carbocycles. The Morgan fingerprint density at radius 2 is 1.48 bits per heavy atom. The van der Waals surface area contributed by atoms with Crippen LogP contribution in [-0.4, -0.2) is 94.2 Å². The maximum atomic E-state index is 13.8. The maximum Gasteiger partial charge on any atom is 0.536 e. The van der Waals surface area contributed by atoms with Gasteiger partial charge in [0.2, 0.25) is 17.7 Å². The number of nitro groups is 1. The smallest absolute Gasteiger partial charge is 0.536 e. The molecular weight excluding hydrogens is 941 g/mol. The molecule has 5 rings (SSSR count). The number of hydrogen-bond donors (Lipinski definition) is 6. The van der Waals surface area contributed by atoms with Gasteiger partial charge in [-0.2, -0.15) is 9.29 Å². The van der Waals surface area contributed by atoms with Crippen molar-refractivity contribution in [2.45, 2.75) is 13.5 Å². The van der Waals surface area contributed by atoms with Gasteiger partial charge < -0.3 is 49.1 Å². The second-order valence-corrected chi connectivity index (χ2v) is 19.4. The second kappa shape index (κ2) is 22.5. The van der Waals surface area contributed by atoms with Gasteiger partial charge in [-0.1, -0.05) is 42.5 Å². The Morgan fingerprint density at radius 3 is 2.12 bits per heavy atom. The fraction of sp³-hybridized carbons (Fsp3) is 0.225. The van der Waals surface area contributed by atoms with Crippen LogP contribution in [0.15, 0.2) is 103 Å². The molecule has 0 bridgehead atoms. The lowest BCUT2D eigenvalue weighted by Crippen LogP contribution is -2.37. The van der Waals surface area contributed by atoms with Gasteiger partial charge in [-0.05, 0) is 60.2 Å². The molecule has 5 aromatic rings. The van der Waals surface area contributed by atoms with E-state index in [-0.39, 0.29) is 59.8 Å². The minimum Gasteiger partial charge on any atom is -0.756 e. The number of nitrogens with zero attached hydrogens (tertiary/aromatic N) is 4. The number of nitrogens with one attached hydrogen (secondary N) is 4. The van der Waals surface area contributed by atoms with E-state index in [0.29, 0.717) is 28.0 Å². The Balaban J connectivity index is 1.21. The van der Waals surface area contributed by atoms with Gasteiger partial charge in [0.05, 0.1) is 45.0 Å². The van der Waals surface area contributed by atoms with Crippen molar-refractivity contribution in [2.24, 2.45) is 0 Å². The number of likely N-dealkylation sites (N-methyl/N-ethyl adjacent to an activating group) is 1. The van der Waals surface area contributed by atoms with Crippen molar-refractivity contribution in [3.8, 4) is 5.75 Å². The number of rotatable bonds is 24. The Bertz CT molecular complexity index is 2730. The summed E-state index contributed by atoms with van der Waals surface area (Å²) < 4.78 is 62.2. The van der Waals surface area contributed by atoms with Crippen LogP contribution in [0.4, 0.5) is 34.5 Å². The van der Waals surface area contributed by atoms with Crippen molar-refractivity contribution in [2.75, 3.05) is 63.4 Å². The van der Waals surface area contributed by atoms with Gasteiger partial charge in [-0.15, -0.1) is 0 Å². The number of carbonyl (C=O) groups excluding carboxylic acids is 3. The summed E-state index contributed by atoms with van der Waals surface area (Å²) in [6, 6.07) is 22.9. The minimum absolute atomic E-state index is 0.0699. The van der Waals surface area contributed by atoms with E-state index < -0.39 is 58.1 Å². The lowest BCUT2D eigenvalue weighted by molar-refractivity contribution is -0.870. The highest BCUT2D eigenvalue weighted by atomic mass is 31.3. The highest BCUT2D eigenvalue weighted by Gasteiger charge is 2.37. The van der Waals surface area contributed by atoms with Crippen LogP contribution in [0.25, 0.3) is 0 Å². The van der Waals surface area contributed by atoms with Crippen molar-refractivity contribution in [3.05, 3.63) is 136 Å². The van der Waals surface area contributed by atoms with Gasteiger partial charge in [-0.25, -0.2) is 14.1 Å². The average Bonchev–Trinajstić information content (AvgIpc) is 3.24. The van der Waals surface area contributed by atoms with E-state index in [9.17, 15) is 52.9 Å². The molecule has 1 heterocycles. The van der Waals surface area contributed by atoms with Crippen molar-refractivity contribution in [1.82, 2.24) is 15.3 Å². The van der Waals surface area contributed by atoms with Crippen LogP contribution in [0.1, 0.15) is 38.8 Å². The molecule has 0 saturated carbocycles. The molecule has 2 amide bonds. The number of hydrogen-bond acceptors (Lipinski definition) is 18. The number of amides is 2. The third-order valence-corrected chi connectivity index (χ3v) is 12.2. The van der Waals surface area contributed by atoms with Crippen LogP contribution in [-0.2, 0) is 43.0 Å². The molecule has 0 spiro atoms. The molecule has 0 aliphatic carbocycles. The largest absolute Gasteiger partial charge is 0.756 e. The number of phosphoric acid groups is 3. The van der Waals surface area contributed by atoms with Gasteiger partial charge in [-0.3, -0.25) is 38.5 Å². The van der Waals surface area contributed by atoms with E-state index in [1.165, 1.54) is 49.4 Å². The normalized spacial score (nSPS) is 14.1. The number of quaternary nitrogens is 1. The van der Waals surface area contributed by atoms with Crippen molar-refractivity contribution in [1.29, 1.82) is 0 Å². The second-order valence-electron chi connectivity index (χ2n) is 15.1. The minimum atomic E-state index is -5.51. The first-order valence-corrected chi connectivity index (χ1v) is 24.1. The molecule has 0 fully saturated rings. The van der Waals surface area contributed by atoms with Crippen LogP contribution in [0.3, 0.4) is 0 Å². The van der Waals surface area contributed by atoms with Crippen LogP contribution in [0.2, 0.25) is 0 Å². The molecule has 0 aliphatic heterocycles. The third kappa shape index (κ3) is 16.8. The summed E-state index contributed by atoms with van der Waals surface area (Å²) in [7, 11) is -9.84. The van der Waals surface area contributed by atoms with Gasteiger partial charge in [0.15, 0.2) is 5.78 Å². The first-order chi connectivity index (χ1) is 31.5.